The largest absolute Gasteiger partial charge is 0.330 e. The number of thiophene rings is 1. The van der Waals surface area contributed by atoms with E-state index in [1.54, 1.807) is 11.3 Å². The van der Waals surface area contributed by atoms with E-state index in [1.807, 2.05) is 0 Å². The van der Waals surface area contributed by atoms with Gasteiger partial charge in [0.1, 0.15) is 0 Å². The molecule has 0 saturated heterocycles. The summed E-state index contributed by atoms with van der Waals surface area (Å²) in [4.78, 5) is 0. The molecule has 2 rings (SSSR count). The summed E-state index contributed by atoms with van der Waals surface area (Å²) < 4.78 is 0. The third-order valence-corrected chi connectivity index (χ3v) is 4.41. The van der Waals surface area contributed by atoms with Crippen LogP contribution in [0.15, 0.2) is 10.8 Å². The normalized spacial score (nSPS) is 30.5. The van der Waals surface area contributed by atoms with Crippen molar-refractivity contribution < 1.29 is 0 Å². The van der Waals surface area contributed by atoms with Gasteiger partial charge in [0, 0.05) is 0 Å². The Kier molecular flexibility index (Phi) is 2.00. The predicted molar refractivity (Wildman–Crippen MR) is 58.1 cm³/mol. The van der Waals surface area contributed by atoms with Gasteiger partial charge in [0.15, 0.2) is 0 Å². The molecule has 0 radical (unpaired) electrons. The van der Waals surface area contributed by atoms with Gasteiger partial charge in [-0.1, -0.05) is 13.8 Å². The summed E-state index contributed by atoms with van der Waals surface area (Å²) in [5.74, 6) is 1.41. The Morgan fingerprint density at radius 2 is 2.15 bits per heavy atom. The van der Waals surface area contributed by atoms with Gasteiger partial charge >= 0.3 is 0 Å². The third kappa shape index (κ3) is 1.24. The topological polar surface area (TPSA) is 26.0 Å². The summed E-state index contributed by atoms with van der Waals surface area (Å²) in [5.41, 5.74) is 9.17. The molecule has 2 N–H and O–H groups in total. The van der Waals surface area contributed by atoms with E-state index < -0.39 is 0 Å². The SMILES string of the molecule is Cc1cscc1[C@H]1[C@H](CN)C1(C)C. The second kappa shape index (κ2) is 2.82. The fraction of sp³-hybridized carbons (Fsp3) is 0.636. The molecule has 0 amide bonds. The van der Waals surface area contributed by atoms with E-state index in [1.165, 1.54) is 11.1 Å². The molecule has 0 unspecified atom stereocenters. The number of nitrogens with two attached hydrogens (primary N) is 1. The van der Waals surface area contributed by atoms with Crippen LogP contribution in [0.3, 0.4) is 0 Å². The Morgan fingerprint density at radius 3 is 2.54 bits per heavy atom. The molecule has 1 heterocycles. The first-order valence-electron chi connectivity index (χ1n) is 4.81. The molecule has 0 aromatic carbocycles. The Hall–Kier alpha value is -0.340. The van der Waals surface area contributed by atoms with Gasteiger partial charge in [-0.05, 0) is 52.6 Å². The molecule has 1 aliphatic rings. The highest BCUT2D eigenvalue weighted by Gasteiger charge is 2.57. The third-order valence-electron chi connectivity index (χ3n) is 3.53. The van der Waals surface area contributed by atoms with Crippen molar-refractivity contribution in [3.63, 3.8) is 0 Å². The first-order chi connectivity index (χ1) is 6.09. The molecule has 2 heteroatoms. The second-order valence-corrected chi connectivity index (χ2v) is 5.39. The molecule has 2 atom stereocenters. The van der Waals surface area contributed by atoms with Crippen LogP contribution < -0.4 is 5.73 Å². The number of rotatable bonds is 2. The minimum Gasteiger partial charge on any atom is -0.330 e. The maximum atomic E-state index is 5.76. The summed E-state index contributed by atoms with van der Waals surface area (Å²) in [5, 5.41) is 4.52. The van der Waals surface area contributed by atoms with Crippen molar-refractivity contribution in [2.75, 3.05) is 6.54 Å². The number of hydrogen-bond acceptors (Lipinski definition) is 2. The molecule has 1 saturated carbocycles. The predicted octanol–water partition coefficient (Wildman–Crippen LogP) is 2.75. The van der Waals surface area contributed by atoms with Crippen LogP contribution in [0.2, 0.25) is 0 Å². The zero-order valence-electron chi connectivity index (χ0n) is 8.50. The van der Waals surface area contributed by atoms with Crippen LogP contribution in [0.1, 0.15) is 30.9 Å². The summed E-state index contributed by atoms with van der Waals surface area (Å²) >= 11 is 1.81. The minimum absolute atomic E-state index is 0.431. The van der Waals surface area contributed by atoms with Gasteiger partial charge in [0.25, 0.3) is 0 Å². The summed E-state index contributed by atoms with van der Waals surface area (Å²) in [6, 6.07) is 0. The van der Waals surface area contributed by atoms with Crippen molar-refractivity contribution in [3.05, 3.63) is 21.9 Å². The zero-order chi connectivity index (χ0) is 9.64. The van der Waals surface area contributed by atoms with Gasteiger partial charge in [-0.2, -0.15) is 11.3 Å². The van der Waals surface area contributed by atoms with Gasteiger partial charge < -0.3 is 5.73 Å². The Bertz CT molecular complexity index is 314. The molecule has 0 spiro atoms. The fourth-order valence-electron chi connectivity index (χ4n) is 2.49. The molecule has 1 aromatic rings. The molecule has 72 valence electrons. The lowest BCUT2D eigenvalue weighted by Gasteiger charge is -2.01. The molecular weight excluding hydrogens is 178 g/mol. The van der Waals surface area contributed by atoms with E-state index in [0.717, 1.165) is 6.54 Å². The molecule has 1 aromatic heterocycles. The van der Waals surface area contributed by atoms with Crippen molar-refractivity contribution in [3.8, 4) is 0 Å². The highest BCUT2D eigenvalue weighted by molar-refractivity contribution is 7.08. The Balaban J connectivity index is 2.26. The molecule has 1 aliphatic carbocycles. The molecular formula is C11H17NS. The van der Waals surface area contributed by atoms with E-state index in [4.69, 9.17) is 5.73 Å². The maximum Gasteiger partial charge on any atom is -0.00375 e. The van der Waals surface area contributed by atoms with Crippen LogP contribution in [-0.4, -0.2) is 6.54 Å². The first kappa shape index (κ1) is 9.22. The molecule has 13 heavy (non-hydrogen) atoms. The fourth-order valence-corrected chi connectivity index (χ4v) is 3.38. The van der Waals surface area contributed by atoms with Gasteiger partial charge in [-0.3, -0.25) is 0 Å². The van der Waals surface area contributed by atoms with Gasteiger partial charge in [-0.25, -0.2) is 0 Å². The van der Waals surface area contributed by atoms with Crippen LogP contribution in [0.25, 0.3) is 0 Å². The quantitative estimate of drug-likeness (QED) is 0.771. The van der Waals surface area contributed by atoms with Gasteiger partial charge in [-0.15, -0.1) is 0 Å². The molecule has 1 fully saturated rings. The Morgan fingerprint density at radius 1 is 1.46 bits per heavy atom. The van der Waals surface area contributed by atoms with Crippen molar-refractivity contribution in [2.24, 2.45) is 17.1 Å². The first-order valence-corrected chi connectivity index (χ1v) is 5.76. The summed E-state index contributed by atoms with van der Waals surface area (Å²) in [7, 11) is 0. The monoisotopic (exact) mass is 195 g/mol. The van der Waals surface area contributed by atoms with Crippen molar-refractivity contribution in [1.29, 1.82) is 0 Å². The Labute approximate surface area is 84.0 Å². The lowest BCUT2D eigenvalue weighted by Crippen LogP contribution is -2.05. The van der Waals surface area contributed by atoms with Crippen LogP contribution >= 0.6 is 11.3 Å². The van der Waals surface area contributed by atoms with E-state index in [-0.39, 0.29) is 0 Å². The lowest BCUT2D eigenvalue weighted by molar-refractivity contribution is 0.558. The van der Waals surface area contributed by atoms with Gasteiger partial charge in [0.05, 0.1) is 0 Å². The van der Waals surface area contributed by atoms with Crippen molar-refractivity contribution >= 4 is 11.3 Å². The van der Waals surface area contributed by atoms with Crippen LogP contribution in [-0.2, 0) is 0 Å². The average molecular weight is 195 g/mol. The van der Waals surface area contributed by atoms with E-state index in [9.17, 15) is 0 Å². The summed E-state index contributed by atoms with van der Waals surface area (Å²) in [6.45, 7) is 7.68. The van der Waals surface area contributed by atoms with Crippen molar-refractivity contribution in [1.82, 2.24) is 0 Å². The van der Waals surface area contributed by atoms with Gasteiger partial charge in [0.2, 0.25) is 0 Å². The highest BCUT2D eigenvalue weighted by atomic mass is 32.1. The van der Waals surface area contributed by atoms with Crippen LogP contribution in [0.4, 0.5) is 0 Å². The minimum atomic E-state index is 0.431. The molecule has 0 bridgehead atoms. The van der Waals surface area contributed by atoms with Crippen LogP contribution in [0.5, 0.6) is 0 Å². The van der Waals surface area contributed by atoms with Crippen molar-refractivity contribution in [2.45, 2.75) is 26.7 Å². The van der Waals surface area contributed by atoms with E-state index >= 15 is 0 Å². The summed E-state index contributed by atoms with van der Waals surface area (Å²) in [6.07, 6.45) is 0. The van der Waals surface area contributed by atoms with E-state index in [2.05, 4.69) is 31.5 Å². The highest BCUT2D eigenvalue weighted by Crippen LogP contribution is 2.64. The molecule has 1 nitrogen and oxygen atoms in total. The standard InChI is InChI=1S/C11H17NS/c1-7-5-13-6-8(7)10-9(4-12)11(10,2)3/h5-6,9-10H,4,12H2,1-3H3/t9-,10-/m0/s1. The second-order valence-electron chi connectivity index (χ2n) is 4.65. The number of hydrogen-bond donors (Lipinski definition) is 1. The average Bonchev–Trinajstić information content (AvgIpc) is 2.41. The van der Waals surface area contributed by atoms with Crippen LogP contribution in [0, 0.1) is 18.3 Å². The maximum absolute atomic E-state index is 5.76. The smallest absolute Gasteiger partial charge is 0.00375 e. The lowest BCUT2D eigenvalue weighted by atomic mass is 10.0. The number of aryl methyl sites for hydroxylation is 1. The molecule has 0 aliphatic heterocycles. The van der Waals surface area contributed by atoms with E-state index in [0.29, 0.717) is 17.3 Å². The zero-order valence-corrected chi connectivity index (χ0v) is 9.32.